The summed E-state index contributed by atoms with van der Waals surface area (Å²) in [5, 5.41) is 5.59. The zero-order valence-electron chi connectivity index (χ0n) is 14.2. The van der Waals surface area contributed by atoms with Crippen LogP contribution in [-0.2, 0) is 6.42 Å². The minimum Gasteiger partial charge on any atom is -0.346 e. The van der Waals surface area contributed by atoms with E-state index in [4.69, 9.17) is 0 Å². The Hall–Kier alpha value is -3.21. The van der Waals surface area contributed by atoms with Gasteiger partial charge in [0, 0.05) is 41.0 Å². The Labute approximate surface area is 145 Å². The lowest BCUT2D eigenvalue weighted by Gasteiger charge is -2.04. The van der Waals surface area contributed by atoms with Gasteiger partial charge in [0.25, 0.3) is 5.91 Å². The summed E-state index contributed by atoms with van der Waals surface area (Å²) in [5.74, 6) is -0.104. The van der Waals surface area contributed by atoms with Crippen LogP contribution in [0.4, 0.5) is 0 Å². The van der Waals surface area contributed by atoms with Crippen LogP contribution in [-0.4, -0.2) is 25.7 Å². The van der Waals surface area contributed by atoms with Gasteiger partial charge in [-0.3, -0.25) is 4.79 Å². The van der Waals surface area contributed by atoms with E-state index in [1.54, 1.807) is 6.20 Å². The number of nitrogens with zero attached hydrogens (tertiary/aromatic N) is 3. The first-order chi connectivity index (χ1) is 12.1. The summed E-state index contributed by atoms with van der Waals surface area (Å²) >= 11 is 0. The zero-order chi connectivity index (χ0) is 17.4. The molecule has 0 radical (unpaired) electrons. The Morgan fingerprint density at radius 3 is 2.72 bits per heavy atom. The smallest absolute Gasteiger partial charge is 0.278 e. The molecule has 5 nitrogen and oxygen atoms in total. The number of pyridine rings is 1. The molecule has 1 aromatic carbocycles. The molecule has 0 aliphatic rings. The number of aryl methyl sites for hydroxylation is 1. The third-order valence-corrected chi connectivity index (χ3v) is 4.56. The summed E-state index contributed by atoms with van der Waals surface area (Å²) in [7, 11) is 0. The van der Waals surface area contributed by atoms with Crippen molar-refractivity contribution in [2.24, 2.45) is 0 Å². The molecule has 0 bridgehead atoms. The molecule has 5 heteroatoms. The quantitative estimate of drug-likeness (QED) is 0.623. The van der Waals surface area contributed by atoms with E-state index in [0.717, 1.165) is 33.5 Å². The lowest BCUT2D eigenvalue weighted by Crippen LogP contribution is -2.15. The molecule has 0 aliphatic carbocycles. The summed E-state index contributed by atoms with van der Waals surface area (Å²) in [6.45, 7) is 3.90. The highest BCUT2D eigenvalue weighted by Gasteiger charge is 2.19. The van der Waals surface area contributed by atoms with E-state index in [9.17, 15) is 4.79 Å². The number of aromatic amines is 1. The number of nitrogens with one attached hydrogen (secondary N) is 1. The number of hydrogen-bond donors (Lipinski definition) is 1. The summed E-state index contributed by atoms with van der Waals surface area (Å²) in [4.78, 5) is 20.3. The van der Waals surface area contributed by atoms with E-state index in [1.807, 2.05) is 56.4 Å². The van der Waals surface area contributed by atoms with Crippen molar-refractivity contribution in [1.29, 1.82) is 0 Å². The monoisotopic (exact) mass is 330 g/mol. The third kappa shape index (κ3) is 2.63. The van der Waals surface area contributed by atoms with Gasteiger partial charge >= 0.3 is 0 Å². The first-order valence-electron chi connectivity index (χ1n) is 8.21. The van der Waals surface area contributed by atoms with Crippen LogP contribution < -0.4 is 0 Å². The van der Waals surface area contributed by atoms with Crippen LogP contribution in [0.1, 0.15) is 32.9 Å². The average Bonchev–Trinajstić information content (AvgIpc) is 3.18. The van der Waals surface area contributed by atoms with Gasteiger partial charge in [-0.2, -0.15) is 5.10 Å². The van der Waals surface area contributed by atoms with Crippen molar-refractivity contribution in [2.75, 3.05) is 0 Å². The Bertz CT molecular complexity index is 1060. The van der Waals surface area contributed by atoms with Crippen LogP contribution in [0.3, 0.4) is 0 Å². The van der Waals surface area contributed by atoms with E-state index < -0.39 is 0 Å². The number of fused-ring (bicyclic) bond motifs is 1. The van der Waals surface area contributed by atoms with Crippen molar-refractivity contribution in [3.05, 3.63) is 82.9 Å². The van der Waals surface area contributed by atoms with Gasteiger partial charge in [-0.05, 0) is 43.7 Å². The molecule has 3 aromatic heterocycles. The second-order valence-corrected chi connectivity index (χ2v) is 6.12. The third-order valence-electron chi connectivity index (χ3n) is 4.56. The van der Waals surface area contributed by atoms with Crippen molar-refractivity contribution in [3.63, 3.8) is 0 Å². The fourth-order valence-corrected chi connectivity index (χ4v) is 3.18. The van der Waals surface area contributed by atoms with Crippen LogP contribution >= 0.6 is 0 Å². The van der Waals surface area contributed by atoms with Crippen LogP contribution in [0.2, 0.25) is 0 Å². The summed E-state index contributed by atoms with van der Waals surface area (Å²) in [6, 6.07) is 13.2. The van der Waals surface area contributed by atoms with Gasteiger partial charge in [0.1, 0.15) is 5.65 Å². The number of rotatable bonds is 3. The lowest BCUT2D eigenvalue weighted by molar-refractivity contribution is 0.0942. The van der Waals surface area contributed by atoms with Gasteiger partial charge in [-0.15, -0.1) is 0 Å². The summed E-state index contributed by atoms with van der Waals surface area (Å²) < 4.78 is 1.51. The Balaban J connectivity index is 1.72. The number of benzene rings is 1. The van der Waals surface area contributed by atoms with Gasteiger partial charge in [0.05, 0.1) is 5.69 Å². The first-order valence-corrected chi connectivity index (χ1v) is 8.21. The molecule has 0 atom stereocenters. The van der Waals surface area contributed by atoms with Crippen LogP contribution in [0.5, 0.6) is 0 Å². The van der Waals surface area contributed by atoms with Crippen molar-refractivity contribution in [1.82, 2.24) is 19.7 Å². The first kappa shape index (κ1) is 15.3. The molecular formula is C20H18N4O. The summed E-state index contributed by atoms with van der Waals surface area (Å²) in [6.07, 6.45) is 4.47. The molecule has 0 unspecified atom stereocenters. The predicted octanol–water partition coefficient (Wildman–Crippen LogP) is 3.66. The topological polar surface area (TPSA) is 63.6 Å². The number of carbonyl (C=O) groups excluding carboxylic acids is 1. The molecule has 25 heavy (non-hydrogen) atoms. The highest BCUT2D eigenvalue weighted by molar-refractivity contribution is 5.95. The summed E-state index contributed by atoms with van der Waals surface area (Å²) in [5.41, 5.74) is 5.50. The van der Waals surface area contributed by atoms with Crippen LogP contribution in [0.25, 0.3) is 11.0 Å². The standard InChI is InChI=1S/C20H18N4O/c1-13-18(11-16-12-22-19-17(16)9-6-10-21-19)14(2)24(23-13)20(25)15-7-4-3-5-8-15/h3-10,12H,11H2,1-2H3,(H,21,22). The number of H-pyrrole nitrogens is 1. The van der Waals surface area contributed by atoms with Gasteiger partial charge in [-0.25, -0.2) is 9.67 Å². The maximum Gasteiger partial charge on any atom is 0.278 e. The molecule has 0 fully saturated rings. The van der Waals surface area contributed by atoms with Crippen molar-refractivity contribution in [2.45, 2.75) is 20.3 Å². The van der Waals surface area contributed by atoms with Gasteiger partial charge in [0.2, 0.25) is 0 Å². The zero-order valence-corrected chi connectivity index (χ0v) is 14.2. The normalized spacial score (nSPS) is 11.1. The minimum absolute atomic E-state index is 0.104. The van der Waals surface area contributed by atoms with E-state index in [1.165, 1.54) is 4.68 Å². The maximum absolute atomic E-state index is 12.7. The van der Waals surface area contributed by atoms with E-state index in [0.29, 0.717) is 12.0 Å². The molecule has 0 saturated carbocycles. The molecule has 0 spiro atoms. The number of carbonyl (C=O) groups is 1. The van der Waals surface area contributed by atoms with Crippen molar-refractivity contribution >= 4 is 16.9 Å². The molecule has 4 aromatic rings. The molecule has 124 valence electrons. The van der Waals surface area contributed by atoms with Crippen molar-refractivity contribution < 1.29 is 4.79 Å². The lowest BCUT2D eigenvalue weighted by atomic mass is 10.0. The SMILES string of the molecule is Cc1nn(C(=O)c2ccccc2)c(C)c1Cc1c[nH]c2ncccc12. The minimum atomic E-state index is -0.104. The van der Waals surface area contributed by atoms with Crippen LogP contribution in [0.15, 0.2) is 54.9 Å². The Morgan fingerprint density at radius 1 is 1.12 bits per heavy atom. The fraction of sp³-hybridized carbons (Fsp3) is 0.150. The van der Waals surface area contributed by atoms with E-state index in [-0.39, 0.29) is 5.91 Å². The molecule has 1 N–H and O–H groups in total. The number of aromatic nitrogens is 4. The predicted molar refractivity (Wildman–Crippen MR) is 96.8 cm³/mol. The van der Waals surface area contributed by atoms with E-state index in [2.05, 4.69) is 21.1 Å². The van der Waals surface area contributed by atoms with Gasteiger partial charge in [0.15, 0.2) is 0 Å². The fourth-order valence-electron chi connectivity index (χ4n) is 3.18. The van der Waals surface area contributed by atoms with Crippen LogP contribution in [0, 0.1) is 13.8 Å². The van der Waals surface area contributed by atoms with Gasteiger partial charge < -0.3 is 4.98 Å². The highest BCUT2D eigenvalue weighted by Crippen LogP contribution is 2.23. The molecule has 3 heterocycles. The second kappa shape index (κ2) is 6.02. The molecule has 0 aliphatic heterocycles. The average molecular weight is 330 g/mol. The Kier molecular flexibility index (Phi) is 3.69. The van der Waals surface area contributed by atoms with E-state index >= 15 is 0 Å². The van der Waals surface area contributed by atoms with Gasteiger partial charge in [-0.1, -0.05) is 18.2 Å². The Morgan fingerprint density at radius 2 is 1.92 bits per heavy atom. The highest BCUT2D eigenvalue weighted by atomic mass is 16.2. The largest absolute Gasteiger partial charge is 0.346 e. The molecule has 0 saturated heterocycles. The number of hydrogen-bond acceptors (Lipinski definition) is 3. The molecular weight excluding hydrogens is 312 g/mol. The molecule has 0 amide bonds. The molecule has 4 rings (SSSR count). The second-order valence-electron chi connectivity index (χ2n) is 6.12. The maximum atomic E-state index is 12.7. The van der Waals surface area contributed by atoms with Crippen molar-refractivity contribution in [3.8, 4) is 0 Å².